The molecule has 0 saturated heterocycles. The molecule has 29 heavy (non-hydrogen) atoms. The van der Waals surface area contributed by atoms with E-state index in [9.17, 15) is 14.5 Å². The summed E-state index contributed by atoms with van der Waals surface area (Å²) in [5, 5.41) is 17.4. The number of hydrogen-bond acceptors (Lipinski definition) is 7. The molecule has 0 radical (unpaired) electrons. The Kier molecular flexibility index (Phi) is 6.30. The van der Waals surface area contributed by atoms with Gasteiger partial charge in [-0.05, 0) is 26.2 Å². The third-order valence-corrected chi connectivity index (χ3v) is 4.06. The Morgan fingerprint density at radius 3 is 2.55 bits per heavy atom. The largest absolute Gasteiger partial charge is 0.353 e. The van der Waals surface area contributed by atoms with E-state index in [1.165, 1.54) is 6.07 Å². The first-order valence-corrected chi connectivity index (χ1v) is 8.96. The van der Waals surface area contributed by atoms with Crippen LogP contribution >= 0.6 is 0 Å². The number of halogens is 1. The zero-order valence-electron chi connectivity index (χ0n) is 16.1. The first-order chi connectivity index (χ1) is 13.9. The lowest BCUT2D eigenvalue weighted by molar-refractivity contribution is -0.384. The van der Waals surface area contributed by atoms with E-state index in [2.05, 4.69) is 20.6 Å². The summed E-state index contributed by atoms with van der Waals surface area (Å²) in [5.41, 5.74) is 1.31. The Balaban J connectivity index is 1.96. The molecule has 150 valence electrons. The Morgan fingerprint density at radius 1 is 1.10 bits per heavy atom. The Labute approximate surface area is 167 Å². The van der Waals surface area contributed by atoms with Crippen LogP contribution in [0, 0.1) is 15.9 Å². The summed E-state index contributed by atoms with van der Waals surface area (Å²) >= 11 is 0. The number of hydrogen-bond donors (Lipinski definition) is 2. The normalized spacial score (nSPS) is 10.8. The lowest BCUT2D eigenvalue weighted by Gasteiger charge is -2.13. The van der Waals surface area contributed by atoms with E-state index in [-0.39, 0.29) is 11.4 Å². The van der Waals surface area contributed by atoms with Crippen LogP contribution in [0.2, 0.25) is 0 Å². The molecule has 0 saturated carbocycles. The second kappa shape index (κ2) is 9.07. The van der Waals surface area contributed by atoms with Gasteiger partial charge in [0.1, 0.15) is 17.3 Å². The van der Waals surface area contributed by atoms with E-state index < -0.39 is 10.7 Å². The number of nitro benzene ring substituents is 1. The highest BCUT2D eigenvalue weighted by molar-refractivity contribution is 5.71. The fourth-order valence-corrected chi connectivity index (χ4v) is 2.64. The molecule has 0 unspecified atom stereocenters. The number of nitrogens with zero attached hydrogens (tertiary/aromatic N) is 4. The van der Waals surface area contributed by atoms with Crippen molar-refractivity contribution in [2.45, 2.75) is 0 Å². The molecule has 3 rings (SSSR count). The van der Waals surface area contributed by atoms with Crippen LogP contribution in [0.15, 0.2) is 54.6 Å². The summed E-state index contributed by atoms with van der Waals surface area (Å²) in [6, 6.07) is 14.6. The van der Waals surface area contributed by atoms with Crippen LogP contribution in [-0.2, 0) is 0 Å². The van der Waals surface area contributed by atoms with Gasteiger partial charge in [0, 0.05) is 24.7 Å². The fraction of sp³-hybridized carbons (Fsp3) is 0.200. The average molecular weight is 396 g/mol. The minimum absolute atomic E-state index is 0.147. The van der Waals surface area contributed by atoms with Crippen LogP contribution in [0.4, 0.5) is 27.5 Å². The molecular formula is C20H21FN6O2. The van der Waals surface area contributed by atoms with Gasteiger partial charge in [0.05, 0.1) is 16.7 Å². The molecule has 0 aliphatic heterocycles. The molecule has 0 amide bonds. The van der Waals surface area contributed by atoms with Crippen LogP contribution in [0.1, 0.15) is 0 Å². The third kappa shape index (κ3) is 5.45. The van der Waals surface area contributed by atoms with Gasteiger partial charge < -0.3 is 15.5 Å². The smallest absolute Gasteiger partial charge is 0.295 e. The maximum absolute atomic E-state index is 13.4. The van der Waals surface area contributed by atoms with E-state index in [0.717, 1.165) is 24.2 Å². The van der Waals surface area contributed by atoms with Gasteiger partial charge in [0.15, 0.2) is 0 Å². The lowest BCUT2D eigenvalue weighted by Crippen LogP contribution is -2.21. The first-order valence-electron chi connectivity index (χ1n) is 8.96. The van der Waals surface area contributed by atoms with Gasteiger partial charge in [0.25, 0.3) is 5.69 Å². The third-order valence-electron chi connectivity index (χ3n) is 4.06. The highest BCUT2D eigenvalue weighted by Crippen LogP contribution is 2.29. The van der Waals surface area contributed by atoms with Crippen molar-refractivity contribution < 1.29 is 9.31 Å². The van der Waals surface area contributed by atoms with Crippen molar-refractivity contribution in [1.29, 1.82) is 0 Å². The van der Waals surface area contributed by atoms with E-state index in [4.69, 9.17) is 0 Å². The first kappa shape index (κ1) is 20.2. The second-order valence-electron chi connectivity index (χ2n) is 6.60. The van der Waals surface area contributed by atoms with Gasteiger partial charge in [0.2, 0.25) is 5.95 Å². The zero-order chi connectivity index (χ0) is 20.8. The monoisotopic (exact) mass is 396 g/mol. The summed E-state index contributed by atoms with van der Waals surface area (Å²) < 4.78 is 13.4. The van der Waals surface area contributed by atoms with Crippen molar-refractivity contribution >= 4 is 23.1 Å². The summed E-state index contributed by atoms with van der Waals surface area (Å²) in [6.45, 7) is 1.41. The Bertz CT molecular complexity index is 998. The minimum atomic E-state index is -0.680. The lowest BCUT2D eigenvalue weighted by atomic mass is 10.1. The Hall–Kier alpha value is -3.59. The van der Waals surface area contributed by atoms with E-state index in [1.54, 1.807) is 6.07 Å². The van der Waals surface area contributed by atoms with E-state index in [0.29, 0.717) is 24.0 Å². The summed E-state index contributed by atoms with van der Waals surface area (Å²) in [6.07, 6.45) is 0. The van der Waals surface area contributed by atoms with Crippen LogP contribution in [-0.4, -0.2) is 47.0 Å². The molecule has 0 spiro atoms. The molecule has 8 nitrogen and oxygen atoms in total. The fourth-order valence-electron chi connectivity index (χ4n) is 2.64. The summed E-state index contributed by atoms with van der Waals surface area (Å²) in [7, 11) is 3.92. The molecule has 0 bridgehead atoms. The van der Waals surface area contributed by atoms with E-state index >= 15 is 0 Å². The van der Waals surface area contributed by atoms with Gasteiger partial charge in [-0.3, -0.25) is 10.1 Å². The predicted molar refractivity (Wildman–Crippen MR) is 111 cm³/mol. The quantitative estimate of drug-likeness (QED) is 0.440. The topological polar surface area (TPSA) is 96.2 Å². The van der Waals surface area contributed by atoms with Crippen molar-refractivity contribution in [3.8, 4) is 11.3 Å². The minimum Gasteiger partial charge on any atom is -0.353 e. The highest BCUT2D eigenvalue weighted by Gasteiger charge is 2.16. The number of nitro groups is 1. The standard InChI is InChI=1S/C20H21FN6O2/c1-26(2)11-10-22-20-24-17(14-6-4-3-5-7-14)13-19(25-20)23-16-9-8-15(21)12-18(16)27(28)29/h3-9,12-13H,10-11H2,1-2H3,(H2,22,23,24,25). The number of rotatable bonds is 8. The molecule has 2 aromatic carbocycles. The molecule has 0 aliphatic carbocycles. The molecule has 2 N–H and O–H groups in total. The number of nitrogens with one attached hydrogen (secondary N) is 2. The zero-order valence-corrected chi connectivity index (χ0v) is 16.1. The molecular weight excluding hydrogens is 375 g/mol. The van der Waals surface area contributed by atoms with Gasteiger partial charge in [-0.15, -0.1) is 0 Å². The van der Waals surface area contributed by atoms with Gasteiger partial charge >= 0.3 is 0 Å². The highest BCUT2D eigenvalue weighted by atomic mass is 19.1. The van der Waals surface area contributed by atoms with Crippen molar-refractivity contribution in [2.24, 2.45) is 0 Å². The SMILES string of the molecule is CN(C)CCNc1nc(Nc2ccc(F)cc2[N+](=O)[O-])cc(-c2ccccc2)n1. The average Bonchev–Trinajstić information content (AvgIpc) is 2.69. The van der Waals surface area contributed by atoms with Gasteiger partial charge in [-0.1, -0.05) is 30.3 Å². The molecule has 3 aromatic rings. The maximum atomic E-state index is 13.4. The number of aromatic nitrogens is 2. The molecule has 9 heteroatoms. The molecule has 0 aliphatic rings. The second-order valence-corrected chi connectivity index (χ2v) is 6.60. The van der Waals surface area contributed by atoms with Gasteiger partial charge in [-0.25, -0.2) is 9.37 Å². The Morgan fingerprint density at radius 2 is 1.86 bits per heavy atom. The molecule has 0 atom stereocenters. The number of anilines is 3. The maximum Gasteiger partial charge on any atom is 0.295 e. The van der Waals surface area contributed by atoms with Crippen molar-refractivity contribution in [2.75, 3.05) is 37.8 Å². The van der Waals surface area contributed by atoms with Gasteiger partial charge in [-0.2, -0.15) is 4.98 Å². The van der Waals surface area contributed by atoms with Crippen LogP contribution in [0.25, 0.3) is 11.3 Å². The van der Waals surface area contributed by atoms with Crippen LogP contribution in [0.3, 0.4) is 0 Å². The van der Waals surface area contributed by atoms with E-state index in [1.807, 2.05) is 49.3 Å². The van der Waals surface area contributed by atoms with Crippen molar-refractivity contribution in [3.05, 3.63) is 70.5 Å². The number of likely N-dealkylation sites (N-methyl/N-ethyl adjacent to an activating group) is 1. The molecule has 1 heterocycles. The predicted octanol–water partition coefficient (Wildman–Crippen LogP) is 3.91. The summed E-state index contributed by atoms with van der Waals surface area (Å²) in [4.78, 5) is 21.6. The molecule has 0 fully saturated rings. The van der Waals surface area contributed by atoms with Crippen LogP contribution in [0.5, 0.6) is 0 Å². The molecule has 1 aromatic heterocycles. The van der Waals surface area contributed by atoms with Crippen molar-refractivity contribution in [1.82, 2.24) is 14.9 Å². The summed E-state index contributed by atoms with van der Waals surface area (Å²) in [5.74, 6) is 0.0716. The number of benzene rings is 2. The van der Waals surface area contributed by atoms with Crippen molar-refractivity contribution in [3.63, 3.8) is 0 Å². The van der Waals surface area contributed by atoms with Crippen LogP contribution < -0.4 is 10.6 Å².